The van der Waals surface area contributed by atoms with Gasteiger partial charge in [0.15, 0.2) is 10.3 Å². The molecule has 2 aromatic rings. The lowest BCUT2D eigenvalue weighted by Gasteiger charge is -1.99. The number of hydrogen-bond donors (Lipinski definition) is 2. The van der Waals surface area contributed by atoms with E-state index in [-0.39, 0.29) is 18.3 Å². The second-order valence-electron chi connectivity index (χ2n) is 4.05. The lowest BCUT2D eigenvalue weighted by atomic mass is 10.4. The van der Waals surface area contributed by atoms with Crippen LogP contribution in [0, 0.1) is 6.92 Å². The molecule has 0 aliphatic heterocycles. The molecule has 0 aliphatic carbocycles. The topological polar surface area (TPSA) is 97.0 Å². The van der Waals surface area contributed by atoms with Gasteiger partial charge in [-0.05, 0) is 6.92 Å². The minimum atomic E-state index is -0.472. The van der Waals surface area contributed by atoms with Crippen molar-refractivity contribution in [3.63, 3.8) is 0 Å². The molecule has 1 amide bonds. The van der Waals surface area contributed by atoms with E-state index in [2.05, 4.69) is 26.8 Å². The summed E-state index contributed by atoms with van der Waals surface area (Å²) >= 11 is 2.36. The van der Waals surface area contributed by atoms with Gasteiger partial charge >= 0.3 is 5.97 Å². The Labute approximate surface area is 135 Å². The zero-order chi connectivity index (χ0) is 15.9. The second-order valence-corrected chi connectivity index (χ2v) is 6.01. The third-order valence-electron chi connectivity index (χ3n) is 2.37. The van der Waals surface area contributed by atoms with Crippen molar-refractivity contribution in [1.29, 1.82) is 0 Å². The zero-order valence-electron chi connectivity index (χ0n) is 11.8. The quantitative estimate of drug-likeness (QED) is 0.456. The van der Waals surface area contributed by atoms with Gasteiger partial charge in [0.2, 0.25) is 5.91 Å². The first-order valence-electron chi connectivity index (χ1n) is 6.27. The molecule has 22 heavy (non-hydrogen) atoms. The highest BCUT2D eigenvalue weighted by atomic mass is 32.2. The molecule has 116 valence electrons. The van der Waals surface area contributed by atoms with E-state index in [1.807, 2.05) is 0 Å². The lowest BCUT2D eigenvalue weighted by molar-refractivity contribution is -0.113. The van der Waals surface area contributed by atoms with Crippen molar-refractivity contribution in [3.8, 4) is 0 Å². The predicted molar refractivity (Wildman–Crippen MR) is 85.3 cm³/mol. The van der Waals surface area contributed by atoms with E-state index in [9.17, 15) is 9.59 Å². The van der Waals surface area contributed by atoms with Crippen molar-refractivity contribution in [1.82, 2.24) is 15.0 Å². The normalized spacial score (nSPS) is 10.2. The second kappa shape index (κ2) is 7.76. The number of thiazole rings is 1. The standard InChI is InChI=1S/C13H14N4O3S2/c1-3-6-20-11(19)10-8(2)16-13(22-10)17-9(18)7-21-12-14-4-5-15-12/h3-5H,1,6-7H2,2H3,(H,14,15)(H,16,17,18). The van der Waals surface area contributed by atoms with Crippen LogP contribution in [0.5, 0.6) is 0 Å². The molecule has 0 aromatic carbocycles. The molecule has 0 saturated carbocycles. The highest BCUT2D eigenvalue weighted by Gasteiger charge is 2.17. The first kappa shape index (κ1) is 16.2. The number of carbonyl (C=O) groups is 2. The largest absolute Gasteiger partial charge is 0.457 e. The summed E-state index contributed by atoms with van der Waals surface area (Å²) in [6.45, 7) is 5.30. The van der Waals surface area contributed by atoms with Crippen LogP contribution in [-0.2, 0) is 9.53 Å². The van der Waals surface area contributed by atoms with Crippen molar-refractivity contribution >= 4 is 40.1 Å². The molecule has 0 fully saturated rings. The minimum absolute atomic E-state index is 0.137. The van der Waals surface area contributed by atoms with E-state index in [4.69, 9.17) is 4.74 Å². The number of ether oxygens (including phenoxy) is 1. The Morgan fingerprint density at radius 1 is 1.59 bits per heavy atom. The van der Waals surface area contributed by atoms with Gasteiger partial charge in [0, 0.05) is 12.4 Å². The highest BCUT2D eigenvalue weighted by Crippen LogP contribution is 2.23. The van der Waals surface area contributed by atoms with Crippen molar-refractivity contribution in [2.24, 2.45) is 0 Å². The maximum Gasteiger partial charge on any atom is 0.350 e. The van der Waals surface area contributed by atoms with E-state index >= 15 is 0 Å². The lowest BCUT2D eigenvalue weighted by Crippen LogP contribution is -2.13. The van der Waals surface area contributed by atoms with Crippen LogP contribution in [-0.4, -0.2) is 39.2 Å². The molecular weight excluding hydrogens is 324 g/mol. The molecular formula is C13H14N4O3S2. The number of amides is 1. The van der Waals surface area contributed by atoms with Gasteiger partial charge < -0.3 is 15.0 Å². The van der Waals surface area contributed by atoms with Gasteiger partial charge in [0.1, 0.15) is 11.5 Å². The summed E-state index contributed by atoms with van der Waals surface area (Å²) in [4.78, 5) is 35.0. The van der Waals surface area contributed by atoms with Crippen LogP contribution in [0.25, 0.3) is 0 Å². The van der Waals surface area contributed by atoms with Crippen molar-refractivity contribution in [2.75, 3.05) is 17.7 Å². The first-order chi connectivity index (χ1) is 10.6. The fourth-order valence-electron chi connectivity index (χ4n) is 1.46. The summed E-state index contributed by atoms with van der Waals surface area (Å²) in [7, 11) is 0. The molecule has 0 radical (unpaired) electrons. The Hall–Kier alpha value is -2.13. The maximum absolute atomic E-state index is 11.8. The number of aromatic amines is 1. The number of anilines is 1. The fourth-order valence-corrected chi connectivity index (χ4v) is 2.96. The van der Waals surface area contributed by atoms with Gasteiger partial charge in [-0.1, -0.05) is 35.8 Å². The SMILES string of the molecule is C=CCOC(=O)c1sc(NC(=O)CSc2ncc[nH]2)nc1C. The number of carbonyl (C=O) groups excluding carboxylic acids is 2. The molecule has 7 nitrogen and oxygen atoms in total. The van der Waals surface area contributed by atoms with Gasteiger partial charge in [-0.2, -0.15) is 0 Å². The fraction of sp³-hybridized carbons (Fsp3) is 0.231. The van der Waals surface area contributed by atoms with Crippen molar-refractivity contribution < 1.29 is 14.3 Å². The number of thioether (sulfide) groups is 1. The number of nitrogens with zero attached hydrogens (tertiary/aromatic N) is 2. The molecule has 0 bridgehead atoms. The maximum atomic E-state index is 11.8. The molecule has 0 spiro atoms. The Morgan fingerprint density at radius 3 is 3.09 bits per heavy atom. The summed E-state index contributed by atoms with van der Waals surface area (Å²) in [5, 5.41) is 3.69. The molecule has 2 N–H and O–H groups in total. The van der Waals surface area contributed by atoms with Crippen LogP contribution in [0.4, 0.5) is 5.13 Å². The number of aryl methyl sites for hydroxylation is 1. The van der Waals surface area contributed by atoms with Crippen LogP contribution < -0.4 is 5.32 Å². The number of esters is 1. The predicted octanol–water partition coefficient (Wildman–Crippen LogP) is 2.25. The number of nitrogens with one attached hydrogen (secondary N) is 2. The highest BCUT2D eigenvalue weighted by molar-refractivity contribution is 7.99. The van der Waals surface area contributed by atoms with Gasteiger partial charge in [-0.3, -0.25) is 4.79 Å². The number of hydrogen-bond acceptors (Lipinski definition) is 7. The average molecular weight is 338 g/mol. The van der Waals surface area contributed by atoms with Crippen LogP contribution in [0.2, 0.25) is 0 Å². The minimum Gasteiger partial charge on any atom is -0.457 e. The molecule has 0 unspecified atom stereocenters. The van der Waals surface area contributed by atoms with Crippen LogP contribution in [0.15, 0.2) is 30.2 Å². The van der Waals surface area contributed by atoms with Crippen LogP contribution >= 0.6 is 23.1 Å². The summed E-state index contributed by atoms with van der Waals surface area (Å²) in [5.41, 5.74) is 0.521. The van der Waals surface area contributed by atoms with Gasteiger partial charge in [0.05, 0.1) is 11.4 Å². The van der Waals surface area contributed by atoms with Crippen LogP contribution in [0.3, 0.4) is 0 Å². The molecule has 9 heteroatoms. The molecule has 0 aliphatic rings. The van der Waals surface area contributed by atoms with E-state index in [1.54, 1.807) is 19.3 Å². The number of H-pyrrole nitrogens is 1. The summed E-state index contributed by atoms with van der Waals surface area (Å²) < 4.78 is 4.96. The summed E-state index contributed by atoms with van der Waals surface area (Å²) in [6, 6.07) is 0. The van der Waals surface area contributed by atoms with E-state index in [0.717, 1.165) is 11.3 Å². The van der Waals surface area contributed by atoms with Crippen LogP contribution in [0.1, 0.15) is 15.4 Å². The first-order valence-corrected chi connectivity index (χ1v) is 8.08. The summed E-state index contributed by atoms with van der Waals surface area (Å²) in [6.07, 6.45) is 4.79. The molecule has 2 heterocycles. The molecule has 2 aromatic heterocycles. The number of rotatable bonds is 7. The molecule has 0 saturated heterocycles. The number of imidazole rings is 1. The van der Waals surface area contributed by atoms with Gasteiger partial charge in [0.25, 0.3) is 0 Å². The Bertz CT molecular complexity index is 667. The van der Waals surface area contributed by atoms with Gasteiger partial charge in [-0.25, -0.2) is 14.8 Å². The molecule has 0 atom stereocenters. The van der Waals surface area contributed by atoms with Gasteiger partial charge in [-0.15, -0.1) is 0 Å². The van der Waals surface area contributed by atoms with E-state index in [0.29, 0.717) is 20.9 Å². The smallest absolute Gasteiger partial charge is 0.350 e. The average Bonchev–Trinajstić information content (AvgIpc) is 3.12. The van der Waals surface area contributed by atoms with E-state index < -0.39 is 5.97 Å². The molecule has 2 rings (SSSR count). The summed E-state index contributed by atoms with van der Waals surface area (Å²) in [5.74, 6) is -0.496. The van der Waals surface area contributed by atoms with Crippen molar-refractivity contribution in [2.45, 2.75) is 12.1 Å². The Kier molecular flexibility index (Phi) is 5.73. The Morgan fingerprint density at radius 2 is 2.41 bits per heavy atom. The number of aromatic nitrogens is 3. The monoisotopic (exact) mass is 338 g/mol. The van der Waals surface area contributed by atoms with Crippen molar-refractivity contribution in [3.05, 3.63) is 35.6 Å². The third kappa shape index (κ3) is 4.43. The zero-order valence-corrected chi connectivity index (χ0v) is 13.4. The Balaban J connectivity index is 1.91. The van der Waals surface area contributed by atoms with E-state index in [1.165, 1.54) is 17.8 Å². The third-order valence-corrected chi connectivity index (χ3v) is 4.33.